The Balaban J connectivity index is 1.95. The molecule has 0 aliphatic carbocycles. The minimum absolute atomic E-state index is 0.560. The highest BCUT2D eigenvalue weighted by Gasteiger charge is 2.12. The fraction of sp³-hybridized carbons (Fsp3) is 0.0588. The van der Waals surface area contributed by atoms with Crippen LogP contribution in [0, 0.1) is 6.92 Å². The highest BCUT2D eigenvalue weighted by molar-refractivity contribution is 9.10. The van der Waals surface area contributed by atoms with Crippen LogP contribution in [0.2, 0.25) is 5.15 Å². The third-order valence-corrected chi connectivity index (χ3v) is 4.11. The SMILES string of the molecule is Cc1nn(-c2ccccc2)c(Cl)c1C=Nc1ccc(Br)cc1. The van der Waals surface area contributed by atoms with Crippen LogP contribution in [0.15, 0.2) is 64.1 Å². The first-order chi connectivity index (χ1) is 10.6. The molecule has 3 rings (SSSR count). The largest absolute Gasteiger partial charge is 0.256 e. The van der Waals surface area contributed by atoms with Crippen LogP contribution in [0.4, 0.5) is 5.69 Å². The van der Waals surface area contributed by atoms with Gasteiger partial charge in [0, 0.05) is 10.7 Å². The monoisotopic (exact) mass is 373 g/mol. The average Bonchev–Trinajstić information content (AvgIpc) is 2.82. The third kappa shape index (κ3) is 3.13. The molecular formula is C17H13BrClN3. The molecule has 22 heavy (non-hydrogen) atoms. The smallest absolute Gasteiger partial charge is 0.141 e. The van der Waals surface area contributed by atoms with Gasteiger partial charge in [0.1, 0.15) is 5.15 Å². The summed E-state index contributed by atoms with van der Waals surface area (Å²) in [4.78, 5) is 4.46. The predicted octanol–water partition coefficient (Wildman–Crippen LogP) is 5.35. The van der Waals surface area contributed by atoms with Gasteiger partial charge in [-0.15, -0.1) is 0 Å². The van der Waals surface area contributed by atoms with Gasteiger partial charge >= 0.3 is 0 Å². The van der Waals surface area contributed by atoms with Crippen LogP contribution < -0.4 is 0 Å². The van der Waals surface area contributed by atoms with E-state index in [-0.39, 0.29) is 0 Å². The molecule has 0 saturated carbocycles. The van der Waals surface area contributed by atoms with E-state index in [1.54, 1.807) is 10.9 Å². The number of benzene rings is 2. The van der Waals surface area contributed by atoms with Crippen molar-refractivity contribution in [3.63, 3.8) is 0 Å². The lowest BCUT2D eigenvalue weighted by atomic mass is 10.3. The molecule has 1 heterocycles. The zero-order valence-electron chi connectivity index (χ0n) is 11.9. The fourth-order valence-corrected chi connectivity index (χ4v) is 2.65. The van der Waals surface area contributed by atoms with Crippen LogP contribution in [0.5, 0.6) is 0 Å². The predicted molar refractivity (Wildman–Crippen MR) is 94.7 cm³/mol. The highest BCUT2D eigenvalue weighted by atomic mass is 79.9. The summed E-state index contributed by atoms with van der Waals surface area (Å²) in [5.41, 5.74) is 3.47. The molecule has 0 amide bonds. The highest BCUT2D eigenvalue weighted by Crippen LogP contribution is 2.23. The second-order valence-corrected chi connectivity index (χ2v) is 6.05. The van der Waals surface area contributed by atoms with E-state index in [0.29, 0.717) is 5.15 Å². The molecule has 0 radical (unpaired) electrons. The van der Waals surface area contributed by atoms with Crippen molar-refractivity contribution >= 4 is 39.4 Å². The van der Waals surface area contributed by atoms with Crippen molar-refractivity contribution in [1.29, 1.82) is 0 Å². The van der Waals surface area contributed by atoms with E-state index in [1.165, 1.54) is 0 Å². The van der Waals surface area contributed by atoms with Crippen LogP contribution in [0.1, 0.15) is 11.3 Å². The van der Waals surface area contributed by atoms with E-state index >= 15 is 0 Å². The Morgan fingerprint density at radius 2 is 1.77 bits per heavy atom. The lowest BCUT2D eigenvalue weighted by Crippen LogP contribution is -1.95. The standard InChI is InChI=1S/C17H13BrClN3/c1-12-16(11-20-14-9-7-13(18)8-10-14)17(19)22(21-12)15-5-3-2-4-6-15/h2-11H,1H3. The summed E-state index contributed by atoms with van der Waals surface area (Å²) in [5.74, 6) is 0. The van der Waals surface area contributed by atoms with Crippen molar-refractivity contribution in [3.05, 3.63) is 75.5 Å². The van der Waals surface area contributed by atoms with Crippen molar-refractivity contribution in [2.45, 2.75) is 6.92 Å². The summed E-state index contributed by atoms with van der Waals surface area (Å²) < 4.78 is 2.75. The number of aliphatic imine (C=N–C) groups is 1. The Morgan fingerprint density at radius 3 is 2.45 bits per heavy atom. The van der Waals surface area contributed by atoms with Crippen LogP contribution in [-0.2, 0) is 0 Å². The summed E-state index contributed by atoms with van der Waals surface area (Å²) in [7, 11) is 0. The molecule has 2 aromatic carbocycles. The van der Waals surface area contributed by atoms with Gasteiger partial charge in [-0.1, -0.05) is 45.7 Å². The maximum Gasteiger partial charge on any atom is 0.141 e. The van der Waals surface area contributed by atoms with Crippen molar-refractivity contribution in [1.82, 2.24) is 9.78 Å². The number of hydrogen-bond acceptors (Lipinski definition) is 2. The van der Waals surface area contributed by atoms with Crippen LogP contribution in [-0.4, -0.2) is 16.0 Å². The van der Waals surface area contributed by atoms with Crippen molar-refractivity contribution < 1.29 is 0 Å². The molecule has 0 unspecified atom stereocenters. The molecule has 1 aromatic heterocycles. The van der Waals surface area contributed by atoms with Gasteiger partial charge in [0.25, 0.3) is 0 Å². The first-order valence-electron chi connectivity index (χ1n) is 6.75. The van der Waals surface area contributed by atoms with Crippen LogP contribution >= 0.6 is 27.5 Å². The van der Waals surface area contributed by atoms with Gasteiger partial charge in [-0.2, -0.15) is 5.10 Å². The van der Waals surface area contributed by atoms with Crippen LogP contribution in [0.25, 0.3) is 5.69 Å². The van der Waals surface area contributed by atoms with Gasteiger partial charge in [-0.25, -0.2) is 4.68 Å². The minimum Gasteiger partial charge on any atom is -0.256 e. The number of hydrogen-bond donors (Lipinski definition) is 0. The van der Waals surface area contributed by atoms with E-state index in [9.17, 15) is 0 Å². The lowest BCUT2D eigenvalue weighted by molar-refractivity contribution is 0.863. The van der Waals surface area contributed by atoms with E-state index in [4.69, 9.17) is 11.6 Å². The topological polar surface area (TPSA) is 30.2 Å². The molecule has 110 valence electrons. The number of rotatable bonds is 3. The molecule has 0 fully saturated rings. The number of aryl methyl sites for hydroxylation is 1. The number of para-hydroxylation sites is 1. The van der Waals surface area contributed by atoms with Gasteiger partial charge in [-0.3, -0.25) is 4.99 Å². The molecule has 0 spiro atoms. The number of nitrogens with zero attached hydrogens (tertiary/aromatic N) is 3. The third-order valence-electron chi connectivity index (χ3n) is 3.22. The quantitative estimate of drug-likeness (QED) is 0.569. The summed E-state index contributed by atoms with van der Waals surface area (Å²) >= 11 is 9.86. The molecule has 3 aromatic rings. The first-order valence-corrected chi connectivity index (χ1v) is 7.92. The average molecular weight is 375 g/mol. The summed E-state index contributed by atoms with van der Waals surface area (Å²) in [6.45, 7) is 1.92. The van der Waals surface area contributed by atoms with Crippen molar-refractivity contribution in [3.8, 4) is 5.69 Å². The van der Waals surface area contributed by atoms with Gasteiger partial charge < -0.3 is 0 Å². The Morgan fingerprint density at radius 1 is 1.09 bits per heavy atom. The van der Waals surface area contributed by atoms with Crippen molar-refractivity contribution in [2.75, 3.05) is 0 Å². The second kappa shape index (κ2) is 6.46. The van der Waals surface area contributed by atoms with E-state index in [0.717, 1.165) is 27.1 Å². The molecule has 3 nitrogen and oxygen atoms in total. The van der Waals surface area contributed by atoms with E-state index < -0.39 is 0 Å². The van der Waals surface area contributed by atoms with Crippen molar-refractivity contribution in [2.24, 2.45) is 4.99 Å². The molecule has 0 N–H and O–H groups in total. The Hall–Kier alpha value is -1.91. The first kappa shape index (κ1) is 15.0. The molecule has 5 heteroatoms. The molecule has 0 aliphatic heterocycles. The lowest BCUT2D eigenvalue weighted by Gasteiger charge is -2.01. The summed E-state index contributed by atoms with van der Waals surface area (Å²) in [6.07, 6.45) is 1.76. The molecule has 0 atom stereocenters. The van der Waals surface area contributed by atoms with Gasteiger partial charge in [-0.05, 0) is 43.3 Å². The van der Waals surface area contributed by atoms with Gasteiger partial charge in [0.05, 0.1) is 22.6 Å². The van der Waals surface area contributed by atoms with Crippen LogP contribution in [0.3, 0.4) is 0 Å². The van der Waals surface area contributed by atoms with E-state index in [1.807, 2.05) is 61.5 Å². The summed E-state index contributed by atoms with van der Waals surface area (Å²) in [5, 5.41) is 5.05. The second-order valence-electron chi connectivity index (χ2n) is 4.77. The van der Waals surface area contributed by atoms with E-state index in [2.05, 4.69) is 26.0 Å². The molecular weight excluding hydrogens is 362 g/mol. The molecule has 0 bridgehead atoms. The minimum atomic E-state index is 0.560. The Labute approximate surface area is 142 Å². The Kier molecular flexibility index (Phi) is 4.41. The van der Waals surface area contributed by atoms with Gasteiger partial charge in [0.15, 0.2) is 0 Å². The number of aromatic nitrogens is 2. The maximum atomic E-state index is 6.46. The Bertz CT molecular complexity index is 808. The molecule has 0 saturated heterocycles. The van der Waals surface area contributed by atoms with Gasteiger partial charge in [0.2, 0.25) is 0 Å². The maximum absolute atomic E-state index is 6.46. The summed E-state index contributed by atoms with van der Waals surface area (Å²) in [6, 6.07) is 17.6. The zero-order chi connectivity index (χ0) is 15.5. The fourth-order valence-electron chi connectivity index (χ4n) is 2.06. The zero-order valence-corrected chi connectivity index (χ0v) is 14.2. The normalized spacial score (nSPS) is 11.2. The number of halogens is 2. The molecule has 0 aliphatic rings.